The van der Waals surface area contributed by atoms with Gasteiger partial charge in [0.15, 0.2) is 5.01 Å². The summed E-state index contributed by atoms with van der Waals surface area (Å²) in [5, 5.41) is 12.7. The van der Waals surface area contributed by atoms with Gasteiger partial charge in [0.2, 0.25) is 15.9 Å². The number of amides is 1. The number of halogens is 3. The normalized spacial score (nSPS) is 20.6. The molecule has 3 aromatic rings. The Bertz CT molecular complexity index is 1600. The number of fused-ring (bicyclic) bond motifs is 1. The molecule has 42 heavy (non-hydrogen) atoms. The van der Waals surface area contributed by atoms with Crippen molar-refractivity contribution in [1.82, 2.24) is 15.0 Å². The van der Waals surface area contributed by atoms with Crippen molar-refractivity contribution in [2.45, 2.75) is 81.1 Å². The quantitative estimate of drug-likeness (QED) is 0.286. The summed E-state index contributed by atoms with van der Waals surface area (Å²) in [7, 11) is -4.55. The highest BCUT2D eigenvalue weighted by molar-refractivity contribution is 7.89. The summed E-state index contributed by atoms with van der Waals surface area (Å²) in [4.78, 5) is 28.9. The van der Waals surface area contributed by atoms with Crippen LogP contribution in [0.25, 0.3) is 21.2 Å². The smallest absolute Gasteiger partial charge is 0.404 e. The Morgan fingerprint density at radius 3 is 2.38 bits per heavy atom. The Morgan fingerprint density at radius 1 is 1.07 bits per heavy atom. The molecule has 2 aliphatic rings. The number of ether oxygens (including phenoxy) is 1. The summed E-state index contributed by atoms with van der Waals surface area (Å²) < 4.78 is 73.5. The molecular weight excluding hydrogens is 595 g/mol. The highest BCUT2D eigenvalue weighted by Gasteiger charge is 2.39. The third-order valence-corrected chi connectivity index (χ3v) is 10.4. The second kappa shape index (κ2) is 11.8. The maximum Gasteiger partial charge on any atom is 0.404 e. The van der Waals surface area contributed by atoms with E-state index >= 15 is 0 Å². The molecule has 1 aromatic heterocycles. The number of hydrogen-bond donors (Lipinski definition) is 3. The number of carbonyl (C=O) groups excluding carboxylic acids is 1. The molecule has 1 amide bonds. The number of nitrogens with one attached hydrogen (secondary N) is 2. The van der Waals surface area contributed by atoms with E-state index in [1.54, 1.807) is 22.9 Å². The van der Waals surface area contributed by atoms with Gasteiger partial charge in [0, 0.05) is 17.0 Å². The first-order valence-corrected chi connectivity index (χ1v) is 16.0. The lowest BCUT2D eigenvalue weighted by Crippen LogP contribution is -2.46. The molecule has 0 saturated heterocycles. The van der Waals surface area contributed by atoms with Gasteiger partial charge in [0.25, 0.3) is 5.91 Å². The van der Waals surface area contributed by atoms with Crippen molar-refractivity contribution in [3.8, 4) is 16.3 Å². The van der Waals surface area contributed by atoms with Crippen LogP contribution in [0.15, 0.2) is 41.3 Å². The van der Waals surface area contributed by atoms with Crippen LogP contribution >= 0.6 is 11.3 Å². The number of benzene rings is 2. The number of sulfonamides is 1. The molecular formula is C28H30F3N3O6S2. The van der Waals surface area contributed by atoms with Gasteiger partial charge in [-0.3, -0.25) is 9.59 Å². The molecule has 14 heteroatoms. The Balaban J connectivity index is 1.52. The largest absolute Gasteiger partial charge is 0.481 e. The van der Waals surface area contributed by atoms with Gasteiger partial charge in [-0.05, 0) is 56.9 Å². The maximum atomic E-state index is 13.2. The number of carboxylic acids is 1. The standard InChI is InChI=1S/C28H30F3N3O6S2/c1-15(28(29,30)31)34-42(38,39)22-12-11-21(19-9-5-6-10-20(19)22)23-25(40-18-7-3-2-4-8-18)33-26(41-23)24(35)32-17-13-16(14-17)27(36)37/h5-6,9-12,15-18,34H,2-4,7-8,13-14H2,1H3,(H,32,35)(H,36,37)/t15-,16?,17?/m0/s1. The van der Waals surface area contributed by atoms with Gasteiger partial charge in [-0.1, -0.05) is 36.8 Å². The van der Waals surface area contributed by atoms with Crippen molar-refractivity contribution in [3.63, 3.8) is 0 Å². The number of carboxylic acid groups (broad SMARTS) is 1. The minimum atomic E-state index is -4.76. The number of hydrogen-bond acceptors (Lipinski definition) is 7. The van der Waals surface area contributed by atoms with E-state index in [9.17, 15) is 31.2 Å². The predicted molar refractivity (Wildman–Crippen MR) is 150 cm³/mol. The summed E-state index contributed by atoms with van der Waals surface area (Å²) in [6.07, 6.45) is 0.484. The fourth-order valence-electron chi connectivity index (χ4n) is 5.25. The average molecular weight is 626 g/mol. The van der Waals surface area contributed by atoms with E-state index in [0.717, 1.165) is 50.4 Å². The van der Waals surface area contributed by atoms with Crippen LogP contribution in [0, 0.1) is 5.92 Å². The van der Waals surface area contributed by atoms with Crippen molar-refractivity contribution in [3.05, 3.63) is 41.4 Å². The van der Waals surface area contributed by atoms with E-state index in [-0.39, 0.29) is 33.3 Å². The Kier molecular flexibility index (Phi) is 8.50. The van der Waals surface area contributed by atoms with Gasteiger partial charge in [-0.25, -0.2) is 8.42 Å². The van der Waals surface area contributed by atoms with E-state index < -0.39 is 40.0 Å². The SMILES string of the molecule is C[C@H](NS(=O)(=O)c1ccc(-c2sc(C(=O)NC3CC(C(=O)O)C3)nc2OC2CCCCC2)c2ccccc12)C(F)(F)F. The molecule has 2 aromatic carbocycles. The summed E-state index contributed by atoms with van der Waals surface area (Å²) in [6, 6.07) is 6.59. The molecule has 5 rings (SSSR count). The first-order chi connectivity index (χ1) is 19.8. The summed E-state index contributed by atoms with van der Waals surface area (Å²) >= 11 is 1.06. The van der Waals surface area contributed by atoms with Crippen molar-refractivity contribution >= 4 is 44.0 Å². The van der Waals surface area contributed by atoms with E-state index in [1.165, 1.54) is 18.2 Å². The van der Waals surface area contributed by atoms with Gasteiger partial charge in [-0.15, -0.1) is 11.3 Å². The monoisotopic (exact) mass is 625 g/mol. The zero-order valence-electron chi connectivity index (χ0n) is 22.6. The number of aliphatic carboxylic acids is 1. The molecule has 0 bridgehead atoms. The second-order valence-electron chi connectivity index (χ2n) is 10.7. The predicted octanol–water partition coefficient (Wildman–Crippen LogP) is 5.50. The van der Waals surface area contributed by atoms with Gasteiger partial charge in [0.05, 0.1) is 15.7 Å². The van der Waals surface area contributed by atoms with E-state index in [2.05, 4.69) is 10.3 Å². The number of rotatable bonds is 9. The van der Waals surface area contributed by atoms with Gasteiger partial charge >= 0.3 is 12.1 Å². The van der Waals surface area contributed by atoms with Gasteiger partial charge < -0.3 is 15.2 Å². The molecule has 0 aliphatic heterocycles. The molecule has 226 valence electrons. The number of carbonyl (C=O) groups is 2. The van der Waals surface area contributed by atoms with Crippen LogP contribution in [-0.2, 0) is 14.8 Å². The van der Waals surface area contributed by atoms with Crippen LogP contribution in [0.2, 0.25) is 0 Å². The number of aromatic nitrogens is 1. The molecule has 0 radical (unpaired) electrons. The van der Waals surface area contributed by atoms with E-state index in [1.807, 2.05) is 0 Å². The molecule has 2 fully saturated rings. The van der Waals surface area contributed by atoms with Gasteiger partial charge in [-0.2, -0.15) is 22.9 Å². The summed E-state index contributed by atoms with van der Waals surface area (Å²) in [5.74, 6) is -1.65. The minimum Gasteiger partial charge on any atom is -0.481 e. The highest BCUT2D eigenvalue weighted by atomic mass is 32.2. The third kappa shape index (κ3) is 6.40. The van der Waals surface area contributed by atoms with Crippen molar-refractivity contribution < 1.29 is 41.0 Å². The van der Waals surface area contributed by atoms with Crippen LogP contribution in [-0.4, -0.2) is 54.7 Å². The maximum absolute atomic E-state index is 13.2. The number of thiazole rings is 1. The molecule has 3 N–H and O–H groups in total. The molecule has 0 spiro atoms. The molecule has 0 unspecified atom stereocenters. The van der Waals surface area contributed by atoms with Crippen molar-refractivity contribution in [2.24, 2.45) is 5.92 Å². The number of alkyl halides is 3. The number of nitrogens with zero attached hydrogens (tertiary/aromatic N) is 1. The van der Waals surface area contributed by atoms with Gasteiger partial charge in [0.1, 0.15) is 12.1 Å². The molecule has 2 aliphatic carbocycles. The zero-order chi connectivity index (χ0) is 30.2. The molecule has 1 atom stereocenters. The topological polar surface area (TPSA) is 135 Å². The van der Waals surface area contributed by atoms with Crippen molar-refractivity contribution in [1.29, 1.82) is 0 Å². The lowest BCUT2D eigenvalue weighted by Gasteiger charge is -2.32. The average Bonchev–Trinajstić information content (AvgIpc) is 3.32. The Labute approximate surface area is 244 Å². The first-order valence-electron chi connectivity index (χ1n) is 13.7. The second-order valence-corrected chi connectivity index (χ2v) is 13.4. The molecule has 9 nitrogen and oxygen atoms in total. The Hall–Kier alpha value is -3.23. The summed E-state index contributed by atoms with van der Waals surface area (Å²) in [6.45, 7) is 0.734. The van der Waals surface area contributed by atoms with Crippen molar-refractivity contribution in [2.75, 3.05) is 0 Å². The van der Waals surface area contributed by atoms with E-state index in [4.69, 9.17) is 9.84 Å². The zero-order valence-corrected chi connectivity index (χ0v) is 24.2. The lowest BCUT2D eigenvalue weighted by molar-refractivity contribution is -0.147. The third-order valence-electron chi connectivity index (χ3n) is 7.68. The van der Waals surface area contributed by atoms with Crippen LogP contribution in [0.3, 0.4) is 0 Å². The minimum absolute atomic E-state index is 0.107. The lowest BCUT2D eigenvalue weighted by atomic mass is 9.80. The highest BCUT2D eigenvalue weighted by Crippen LogP contribution is 2.42. The van der Waals surface area contributed by atoms with Crippen LogP contribution < -0.4 is 14.8 Å². The van der Waals surface area contributed by atoms with Crippen LogP contribution in [0.5, 0.6) is 5.88 Å². The van der Waals surface area contributed by atoms with Crippen LogP contribution in [0.4, 0.5) is 13.2 Å². The fourth-order valence-corrected chi connectivity index (χ4v) is 7.63. The van der Waals surface area contributed by atoms with Crippen LogP contribution in [0.1, 0.15) is 61.7 Å². The Morgan fingerprint density at radius 2 is 1.74 bits per heavy atom. The van der Waals surface area contributed by atoms with E-state index in [0.29, 0.717) is 28.7 Å². The molecule has 2 saturated carbocycles. The fraction of sp³-hybridized carbons (Fsp3) is 0.464. The summed E-state index contributed by atoms with van der Waals surface area (Å²) in [5.41, 5.74) is 0.519. The first kappa shape index (κ1) is 30.2. The molecule has 1 heterocycles.